The molecule has 4 rings (SSSR count). The standard InChI is InChI=1S/C22H13Cl2FN2O4S/c23-12-5-7-14(15(24)9-12)18-8-6-13(31-18)10-19-21(29)27(22(30)32-19)11-20(28)26-17-4-2-1-3-16(17)25/h1-10H,11H2,(H,26,28)/b19-10+. The number of carbonyl (C=O) groups excluding carboxylic acids is 3. The lowest BCUT2D eigenvalue weighted by atomic mass is 10.2. The molecule has 0 spiro atoms. The van der Waals surface area contributed by atoms with Crippen LogP contribution in [0.3, 0.4) is 0 Å². The maximum atomic E-state index is 13.7. The molecular weight excluding hydrogens is 478 g/mol. The van der Waals surface area contributed by atoms with E-state index in [1.54, 1.807) is 36.4 Å². The SMILES string of the molecule is O=C(CN1C(=O)S/C(=C/c2ccc(-c3ccc(Cl)cc3Cl)o2)C1=O)Nc1ccccc1F. The number of para-hydroxylation sites is 1. The monoisotopic (exact) mass is 490 g/mol. The van der Waals surface area contributed by atoms with E-state index >= 15 is 0 Å². The summed E-state index contributed by atoms with van der Waals surface area (Å²) < 4.78 is 19.4. The van der Waals surface area contributed by atoms with Gasteiger partial charge >= 0.3 is 0 Å². The smallest absolute Gasteiger partial charge is 0.294 e. The van der Waals surface area contributed by atoms with Crippen LogP contribution in [0.1, 0.15) is 5.76 Å². The van der Waals surface area contributed by atoms with Gasteiger partial charge in [0.1, 0.15) is 23.9 Å². The minimum Gasteiger partial charge on any atom is -0.457 e. The Morgan fingerprint density at radius 2 is 1.91 bits per heavy atom. The largest absolute Gasteiger partial charge is 0.457 e. The molecule has 0 bridgehead atoms. The van der Waals surface area contributed by atoms with Gasteiger partial charge in [-0.05, 0) is 54.2 Å². The fraction of sp³-hybridized carbons (Fsp3) is 0.0455. The van der Waals surface area contributed by atoms with Gasteiger partial charge < -0.3 is 9.73 Å². The number of imide groups is 1. The number of anilines is 1. The van der Waals surface area contributed by atoms with Crippen LogP contribution in [0.15, 0.2) is 63.9 Å². The van der Waals surface area contributed by atoms with E-state index in [0.29, 0.717) is 38.9 Å². The fourth-order valence-corrected chi connectivity index (χ4v) is 4.25. The van der Waals surface area contributed by atoms with Crippen LogP contribution in [0.5, 0.6) is 0 Å². The number of carbonyl (C=O) groups is 3. The quantitative estimate of drug-likeness (QED) is 0.439. The van der Waals surface area contributed by atoms with Crippen molar-refractivity contribution in [3.05, 3.63) is 81.1 Å². The van der Waals surface area contributed by atoms with Gasteiger partial charge in [0.05, 0.1) is 15.6 Å². The minimum atomic E-state index is -0.698. The Morgan fingerprint density at radius 3 is 2.66 bits per heavy atom. The molecule has 1 aliphatic rings. The van der Waals surface area contributed by atoms with E-state index in [0.717, 1.165) is 4.90 Å². The van der Waals surface area contributed by atoms with Crippen LogP contribution < -0.4 is 5.32 Å². The van der Waals surface area contributed by atoms with Crippen LogP contribution in [0.2, 0.25) is 10.0 Å². The summed E-state index contributed by atoms with van der Waals surface area (Å²) in [7, 11) is 0. The van der Waals surface area contributed by atoms with E-state index in [4.69, 9.17) is 27.6 Å². The van der Waals surface area contributed by atoms with E-state index in [1.165, 1.54) is 24.3 Å². The van der Waals surface area contributed by atoms with Crippen molar-refractivity contribution in [3.63, 3.8) is 0 Å². The molecule has 0 radical (unpaired) electrons. The molecule has 2 aromatic carbocycles. The van der Waals surface area contributed by atoms with E-state index in [2.05, 4.69) is 5.32 Å². The Bertz CT molecular complexity index is 1270. The average molecular weight is 491 g/mol. The number of benzene rings is 2. The molecule has 32 heavy (non-hydrogen) atoms. The van der Waals surface area contributed by atoms with Gasteiger partial charge in [0.25, 0.3) is 11.1 Å². The first-order valence-corrected chi connectivity index (χ1v) is 10.7. The molecule has 1 saturated heterocycles. The molecule has 1 aliphatic heterocycles. The molecule has 10 heteroatoms. The van der Waals surface area contributed by atoms with Crippen molar-refractivity contribution < 1.29 is 23.2 Å². The van der Waals surface area contributed by atoms with Gasteiger partial charge in [-0.25, -0.2) is 4.39 Å². The zero-order chi connectivity index (χ0) is 22.8. The van der Waals surface area contributed by atoms with Crippen molar-refractivity contribution in [2.45, 2.75) is 0 Å². The third-order valence-corrected chi connectivity index (χ3v) is 5.88. The predicted molar refractivity (Wildman–Crippen MR) is 122 cm³/mol. The molecule has 0 unspecified atom stereocenters. The summed E-state index contributed by atoms with van der Waals surface area (Å²) in [5, 5.41) is 2.62. The van der Waals surface area contributed by atoms with Crippen LogP contribution in [-0.4, -0.2) is 28.5 Å². The zero-order valence-corrected chi connectivity index (χ0v) is 18.4. The summed E-state index contributed by atoms with van der Waals surface area (Å²) >= 11 is 12.8. The minimum absolute atomic E-state index is 0.0380. The second kappa shape index (κ2) is 9.20. The number of nitrogens with zero attached hydrogens (tertiary/aromatic N) is 1. The molecule has 3 amide bonds. The van der Waals surface area contributed by atoms with Crippen LogP contribution >= 0.6 is 35.0 Å². The molecular formula is C22H13Cl2FN2O4S. The van der Waals surface area contributed by atoms with Gasteiger partial charge in [0, 0.05) is 16.7 Å². The third kappa shape index (κ3) is 4.72. The van der Waals surface area contributed by atoms with Gasteiger partial charge in [-0.2, -0.15) is 0 Å². The van der Waals surface area contributed by atoms with Crippen molar-refractivity contribution >= 4 is 63.8 Å². The lowest BCUT2D eigenvalue weighted by Gasteiger charge is -2.12. The normalized spacial score (nSPS) is 15.0. The Morgan fingerprint density at radius 1 is 1.12 bits per heavy atom. The number of hydrogen-bond acceptors (Lipinski definition) is 5. The van der Waals surface area contributed by atoms with E-state index in [1.807, 2.05) is 0 Å². The Hall–Kier alpha value is -3.07. The second-order valence-electron chi connectivity index (χ2n) is 6.62. The summed E-state index contributed by atoms with van der Waals surface area (Å²) in [6.07, 6.45) is 1.41. The molecule has 162 valence electrons. The first-order valence-electron chi connectivity index (χ1n) is 9.17. The van der Waals surface area contributed by atoms with E-state index in [-0.39, 0.29) is 10.6 Å². The van der Waals surface area contributed by atoms with Crippen LogP contribution in [-0.2, 0) is 9.59 Å². The zero-order valence-electron chi connectivity index (χ0n) is 16.1. The number of thioether (sulfide) groups is 1. The molecule has 6 nitrogen and oxygen atoms in total. The topological polar surface area (TPSA) is 79.6 Å². The Kier molecular flexibility index (Phi) is 6.36. The first-order chi connectivity index (χ1) is 15.3. The van der Waals surface area contributed by atoms with Gasteiger partial charge in [-0.1, -0.05) is 35.3 Å². The molecule has 1 fully saturated rings. The first kappa shape index (κ1) is 22.1. The number of hydrogen-bond donors (Lipinski definition) is 1. The van der Waals surface area contributed by atoms with Gasteiger partial charge in [-0.3, -0.25) is 19.3 Å². The maximum Gasteiger partial charge on any atom is 0.294 e. The van der Waals surface area contributed by atoms with Crippen LogP contribution in [0.25, 0.3) is 17.4 Å². The number of furan rings is 1. The fourth-order valence-electron chi connectivity index (χ4n) is 2.93. The molecule has 1 aromatic heterocycles. The highest BCUT2D eigenvalue weighted by Crippen LogP contribution is 2.35. The van der Waals surface area contributed by atoms with E-state index < -0.39 is 29.4 Å². The van der Waals surface area contributed by atoms with Crippen molar-refractivity contribution in [2.75, 3.05) is 11.9 Å². The summed E-state index contributed by atoms with van der Waals surface area (Å²) in [5.74, 6) is -1.18. The molecule has 2 heterocycles. The lowest BCUT2D eigenvalue weighted by molar-refractivity contribution is -0.127. The van der Waals surface area contributed by atoms with Crippen LogP contribution in [0, 0.1) is 5.82 Å². The number of nitrogens with one attached hydrogen (secondary N) is 1. The molecule has 0 atom stereocenters. The molecule has 0 aliphatic carbocycles. The highest BCUT2D eigenvalue weighted by atomic mass is 35.5. The van der Waals surface area contributed by atoms with Gasteiger partial charge in [0.15, 0.2) is 0 Å². The summed E-state index contributed by atoms with van der Waals surface area (Å²) in [6, 6.07) is 13.8. The highest BCUT2D eigenvalue weighted by Gasteiger charge is 2.36. The van der Waals surface area contributed by atoms with Crippen molar-refractivity contribution in [3.8, 4) is 11.3 Å². The summed E-state index contributed by atoms with van der Waals surface area (Å²) in [5.41, 5.74) is 0.581. The number of amides is 3. The average Bonchev–Trinajstić information content (AvgIpc) is 3.30. The highest BCUT2D eigenvalue weighted by molar-refractivity contribution is 8.18. The second-order valence-corrected chi connectivity index (χ2v) is 8.46. The predicted octanol–water partition coefficient (Wildman–Crippen LogP) is 6.07. The Balaban J connectivity index is 1.47. The number of rotatable bonds is 5. The van der Waals surface area contributed by atoms with Crippen molar-refractivity contribution in [1.82, 2.24) is 4.90 Å². The van der Waals surface area contributed by atoms with Crippen molar-refractivity contribution in [1.29, 1.82) is 0 Å². The Labute approximate surface area is 196 Å². The summed E-state index contributed by atoms with van der Waals surface area (Å²) in [4.78, 5) is 38.0. The van der Waals surface area contributed by atoms with Gasteiger partial charge in [0.2, 0.25) is 5.91 Å². The molecule has 3 aromatic rings. The third-order valence-electron chi connectivity index (χ3n) is 4.42. The van der Waals surface area contributed by atoms with Gasteiger partial charge in [-0.15, -0.1) is 0 Å². The van der Waals surface area contributed by atoms with Crippen molar-refractivity contribution in [2.24, 2.45) is 0 Å². The maximum absolute atomic E-state index is 13.7. The summed E-state index contributed by atoms with van der Waals surface area (Å²) in [6.45, 7) is -0.542. The van der Waals surface area contributed by atoms with E-state index in [9.17, 15) is 18.8 Å². The lowest BCUT2D eigenvalue weighted by Crippen LogP contribution is -2.36. The number of halogens is 3. The molecule has 1 N–H and O–H groups in total. The molecule has 0 saturated carbocycles. The van der Waals surface area contributed by atoms with Crippen LogP contribution in [0.4, 0.5) is 14.9 Å².